The fourth-order valence-corrected chi connectivity index (χ4v) is 4.76. The fraction of sp³-hybridized carbons (Fsp3) is 0.647. The second-order valence-electron chi connectivity index (χ2n) is 7.60. The first kappa shape index (κ1) is 16.5. The highest BCUT2D eigenvalue weighted by Gasteiger charge is 2.32. The molecule has 1 aliphatic carbocycles. The molecule has 126 valence electrons. The van der Waals surface area contributed by atoms with E-state index in [0.29, 0.717) is 23.8 Å². The van der Waals surface area contributed by atoms with Crippen LogP contribution in [0.5, 0.6) is 0 Å². The highest BCUT2D eigenvalue weighted by Crippen LogP contribution is 2.44. The third kappa shape index (κ3) is 3.02. The van der Waals surface area contributed by atoms with Gasteiger partial charge in [0.25, 0.3) is 0 Å². The predicted octanol–water partition coefficient (Wildman–Crippen LogP) is 2.82. The number of likely N-dealkylation sites (N-methyl/N-ethyl adjacent to an activating group) is 1. The standard InChI is InChI=1S/C17H27N5S/c1-17(2,3)10-5-6-12-11(9-10)13-14(23-12)15(21-16(19)20-13)22(4)8-7-18/h10H,5-9,18H2,1-4H3,(H2,19,20,21). The number of nitrogen functional groups attached to an aromatic ring is 1. The normalized spacial score (nSPS) is 18.2. The van der Waals surface area contributed by atoms with Crippen LogP contribution in [-0.2, 0) is 12.8 Å². The zero-order chi connectivity index (χ0) is 16.8. The molecule has 2 aromatic rings. The molecular weight excluding hydrogens is 306 g/mol. The van der Waals surface area contributed by atoms with Crippen molar-refractivity contribution in [3.05, 3.63) is 10.4 Å². The molecule has 0 bridgehead atoms. The molecule has 2 heterocycles. The number of anilines is 2. The zero-order valence-electron chi connectivity index (χ0n) is 14.5. The van der Waals surface area contributed by atoms with E-state index in [1.165, 1.54) is 16.9 Å². The molecule has 4 N–H and O–H groups in total. The Morgan fingerprint density at radius 1 is 1.30 bits per heavy atom. The van der Waals surface area contributed by atoms with Gasteiger partial charge in [-0.15, -0.1) is 11.3 Å². The van der Waals surface area contributed by atoms with Crippen molar-refractivity contribution < 1.29 is 0 Å². The lowest BCUT2D eigenvalue weighted by molar-refractivity contribution is 0.217. The van der Waals surface area contributed by atoms with Crippen LogP contribution in [0.25, 0.3) is 10.2 Å². The van der Waals surface area contributed by atoms with Crippen molar-refractivity contribution in [3.63, 3.8) is 0 Å². The van der Waals surface area contributed by atoms with Crippen molar-refractivity contribution in [3.8, 4) is 0 Å². The lowest BCUT2D eigenvalue weighted by Crippen LogP contribution is -2.26. The summed E-state index contributed by atoms with van der Waals surface area (Å²) in [5.74, 6) is 1.97. The van der Waals surface area contributed by atoms with E-state index < -0.39 is 0 Å². The van der Waals surface area contributed by atoms with E-state index in [1.54, 1.807) is 0 Å². The number of nitrogens with zero attached hydrogens (tertiary/aromatic N) is 3. The highest BCUT2D eigenvalue weighted by atomic mass is 32.1. The summed E-state index contributed by atoms with van der Waals surface area (Å²) in [6.07, 6.45) is 3.48. The number of aryl methyl sites for hydroxylation is 1. The Hall–Kier alpha value is -1.40. The fourth-order valence-electron chi connectivity index (χ4n) is 3.43. The maximum absolute atomic E-state index is 6.00. The van der Waals surface area contributed by atoms with Crippen LogP contribution < -0.4 is 16.4 Å². The minimum absolute atomic E-state index is 0.323. The van der Waals surface area contributed by atoms with Gasteiger partial charge < -0.3 is 16.4 Å². The summed E-state index contributed by atoms with van der Waals surface area (Å²) in [7, 11) is 2.02. The van der Waals surface area contributed by atoms with Gasteiger partial charge in [-0.05, 0) is 36.2 Å². The maximum Gasteiger partial charge on any atom is 0.222 e. The van der Waals surface area contributed by atoms with Crippen molar-refractivity contribution in [2.75, 3.05) is 30.8 Å². The van der Waals surface area contributed by atoms with E-state index in [1.807, 2.05) is 18.4 Å². The minimum Gasteiger partial charge on any atom is -0.368 e. The number of aromatic nitrogens is 2. The molecule has 1 unspecified atom stereocenters. The number of rotatable bonds is 3. The van der Waals surface area contributed by atoms with Crippen molar-refractivity contribution in [1.82, 2.24) is 9.97 Å². The molecule has 0 aliphatic heterocycles. The third-order valence-corrected chi connectivity index (χ3v) is 6.21. The van der Waals surface area contributed by atoms with Crippen molar-refractivity contribution >= 4 is 33.3 Å². The molecule has 1 aliphatic rings. The minimum atomic E-state index is 0.323. The molecule has 3 rings (SSSR count). The van der Waals surface area contributed by atoms with E-state index in [0.717, 1.165) is 35.4 Å². The van der Waals surface area contributed by atoms with E-state index in [2.05, 4.69) is 35.6 Å². The van der Waals surface area contributed by atoms with Crippen molar-refractivity contribution in [2.24, 2.45) is 17.1 Å². The Morgan fingerprint density at radius 2 is 2.04 bits per heavy atom. The molecular formula is C17H27N5S. The van der Waals surface area contributed by atoms with Gasteiger partial charge in [0.1, 0.15) is 0 Å². The average Bonchev–Trinajstić information content (AvgIpc) is 2.83. The van der Waals surface area contributed by atoms with Crippen LogP contribution in [0.2, 0.25) is 0 Å². The van der Waals surface area contributed by atoms with Crippen LogP contribution in [0.15, 0.2) is 0 Å². The Kier molecular flexibility index (Phi) is 4.23. The third-order valence-electron chi connectivity index (χ3n) is 4.93. The summed E-state index contributed by atoms with van der Waals surface area (Å²) in [4.78, 5) is 12.6. The molecule has 0 fully saturated rings. The first-order chi connectivity index (χ1) is 10.8. The molecule has 0 amide bonds. The monoisotopic (exact) mass is 333 g/mol. The number of hydrogen-bond acceptors (Lipinski definition) is 6. The number of thiophene rings is 1. The SMILES string of the molecule is CN(CCN)c1nc(N)nc2c3c(sc12)CCC(C(C)(C)C)C3. The summed E-state index contributed by atoms with van der Waals surface area (Å²) in [6.45, 7) is 8.36. The van der Waals surface area contributed by atoms with Gasteiger partial charge in [0.05, 0.1) is 10.2 Å². The smallest absolute Gasteiger partial charge is 0.222 e. The maximum atomic E-state index is 6.00. The van der Waals surface area contributed by atoms with E-state index >= 15 is 0 Å². The van der Waals surface area contributed by atoms with Crippen LogP contribution in [0.4, 0.5) is 11.8 Å². The van der Waals surface area contributed by atoms with E-state index in [9.17, 15) is 0 Å². The van der Waals surface area contributed by atoms with Gasteiger partial charge in [0.2, 0.25) is 5.95 Å². The van der Waals surface area contributed by atoms with Gasteiger partial charge in [-0.25, -0.2) is 4.98 Å². The number of hydrogen-bond donors (Lipinski definition) is 2. The summed E-state index contributed by atoms with van der Waals surface area (Å²) < 4.78 is 1.16. The molecule has 1 atom stereocenters. The van der Waals surface area contributed by atoms with Gasteiger partial charge in [-0.2, -0.15) is 4.98 Å². The van der Waals surface area contributed by atoms with Gasteiger partial charge in [-0.1, -0.05) is 20.8 Å². The topological polar surface area (TPSA) is 81.1 Å². The Balaban J connectivity index is 2.10. The molecule has 23 heavy (non-hydrogen) atoms. The molecule has 2 aromatic heterocycles. The zero-order valence-corrected chi connectivity index (χ0v) is 15.3. The first-order valence-corrected chi connectivity index (χ1v) is 9.12. The van der Waals surface area contributed by atoms with Crippen molar-refractivity contribution in [2.45, 2.75) is 40.0 Å². The van der Waals surface area contributed by atoms with Gasteiger partial charge >= 0.3 is 0 Å². The summed E-state index contributed by atoms with van der Waals surface area (Å²) in [6, 6.07) is 0. The lowest BCUT2D eigenvalue weighted by atomic mass is 9.72. The second-order valence-corrected chi connectivity index (χ2v) is 8.71. The molecule has 5 nitrogen and oxygen atoms in total. The van der Waals surface area contributed by atoms with Crippen LogP contribution >= 0.6 is 11.3 Å². The van der Waals surface area contributed by atoms with Crippen LogP contribution in [0.3, 0.4) is 0 Å². The summed E-state index contributed by atoms with van der Waals surface area (Å²) >= 11 is 1.84. The molecule has 0 spiro atoms. The van der Waals surface area contributed by atoms with Gasteiger partial charge in [0, 0.05) is 25.0 Å². The quantitative estimate of drug-likeness (QED) is 0.902. The first-order valence-electron chi connectivity index (χ1n) is 8.30. The molecule has 6 heteroatoms. The average molecular weight is 334 g/mol. The number of nitrogens with two attached hydrogens (primary N) is 2. The molecule has 0 aromatic carbocycles. The Labute approximate surface area is 142 Å². The van der Waals surface area contributed by atoms with Crippen LogP contribution in [-0.4, -0.2) is 30.1 Å². The molecule has 0 saturated heterocycles. The lowest BCUT2D eigenvalue weighted by Gasteiger charge is -2.33. The van der Waals surface area contributed by atoms with E-state index in [-0.39, 0.29) is 0 Å². The largest absolute Gasteiger partial charge is 0.368 e. The summed E-state index contributed by atoms with van der Waals surface area (Å²) in [5.41, 5.74) is 14.5. The van der Waals surface area contributed by atoms with Crippen LogP contribution in [0, 0.1) is 11.3 Å². The van der Waals surface area contributed by atoms with Gasteiger partial charge in [0.15, 0.2) is 5.82 Å². The van der Waals surface area contributed by atoms with Crippen LogP contribution in [0.1, 0.15) is 37.6 Å². The molecule has 0 saturated carbocycles. The second kappa shape index (κ2) is 5.91. The van der Waals surface area contributed by atoms with Gasteiger partial charge in [-0.3, -0.25) is 0 Å². The Morgan fingerprint density at radius 3 is 2.70 bits per heavy atom. The number of fused-ring (bicyclic) bond motifs is 3. The van der Waals surface area contributed by atoms with E-state index in [4.69, 9.17) is 11.5 Å². The van der Waals surface area contributed by atoms with Crippen molar-refractivity contribution in [1.29, 1.82) is 0 Å². The Bertz CT molecular complexity index is 716. The molecule has 0 radical (unpaired) electrons. The highest BCUT2D eigenvalue weighted by molar-refractivity contribution is 7.19. The summed E-state index contributed by atoms with van der Waals surface area (Å²) in [5, 5.41) is 0. The predicted molar refractivity (Wildman–Crippen MR) is 99.1 cm³/mol.